The highest BCUT2D eigenvalue weighted by atomic mass is 19.4. The second kappa shape index (κ2) is 8.86. The van der Waals surface area contributed by atoms with Crippen LogP contribution in [0.25, 0.3) is 17.0 Å². The molecular formula is C22H19F3N2O3. The zero-order valence-corrected chi connectivity index (χ0v) is 16.0. The molecule has 0 saturated heterocycles. The molecule has 3 aromatic rings. The van der Waals surface area contributed by atoms with E-state index in [0.29, 0.717) is 18.7 Å². The molecule has 2 N–H and O–H groups in total. The molecule has 0 unspecified atom stereocenters. The van der Waals surface area contributed by atoms with E-state index in [1.165, 1.54) is 25.1 Å². The number of hydrogen-bond donors (Lipinski definition) is 2. The summed E-state index contributed by atoms with van der Waals surface area (Å²) in [7, 11) is 0. The largest absolute Gasteiger partial charge is 0.423 e. The van der Waals surface area contributed by atoms with Crippen LogP contribution in [-0.4, -0.2) is 23.4 Å². The third kappa shape index (κ3) is 5.50. The number of amides is 1. The molecule has 156 valence electrons. The molecule has 0 aliphatic rings. The van der Waals surface area contributed by atoms with Crippen LogP contribution < -0.4 is 10.1 Å². The molecule has 1 heterocycles. The molecule has 0 radical (unpaired) electrons. The fourth-order valence-electron chi connectivity index (χ4n) is 2.93. The Morgan fingerprint density at radius 2 is 1.97 bits per heavy atom. The number of ether oxygens (including phenoxy) is 1. The van der Waals surface area contributed by atoms with Crippen LogP contribution in [0.5, 0.6) is 5.75 Å². The van der Waals surface area contributed by atoms with E-state index in [0.717, 1.165) is 34.7 Å². The van der Waals surface area contributed by atoms with Crippen LogP contribution in [0.1, 0.15) is 23.6 Å². The molecule has 3 rings (SSSR count). The van der Waals surface area contributed by atoms with Gasteiger partial charge in [0.25, 0.3) is 0 Å². The van der Waals surface area contributed by atoms with Crippen LogP contribution in [-0.2, 0) is 22.2 Å². The molecule has 0 saturated carbocycles. The molecule has 30 heavy (non-hydrogen) atoms. The van der Waals surface area contributed by atoms with Crippen LogP contribution in [0.3, 0.4) is 0 Å². The maximum Gasteiger partial charge on any atom is 0.416 e. The minimum absolute atomic E-state index is 0.114. The van der Waals surface area contributed by atoms with Crippen LogP contribution in [0.2, 0.25) is 0 Å². The first-order valence-electron chi connectivity index (χ1n) is 9.14. The van der Waals surface area contributed by atoms with Gasteiger partial charge in [-0.05, 0) is 54.0 Å². The topological polar surface area (TPSA) is 71.2 Å². The Hall–Kier alpha value is -3.55. The SMILES string of the molecule is CC(=O)NCCc1c[nH]c2ccc(OC(=O)/C=C/c3cccc(C(F)(F)F)c3)cc12. The lowest BCUT2D eigenvalue weighted by Gasteiger charge is -2.06. The van der Waals surface area contributed by atoms with Gasteiger partial charge < -0.3 is 15.0 Å². The number of nitrogens with one attached hydrogen (secondary N) is 2. The van der Waals surface area contributed by atoms with Gasteiger partial charge >= 0.3 is 12.1 Å². The van der Waals surface area contributed by atoms with E-state index >= 15 is 0 Å². The number of benzene rings is 2. The lowest BCUT2D eigenvalue weighted by molar-refractivity contribution is -0.137. The molecule has 2 aromatic carbocycles. The van der Waals surface area contributed by atoms with Crippen molar-refractivity contribution in [2.45, 2.75) is 19.5 Å². The van der Waals surface area contributed by atoms with Gasteiger partial charge in [-0.2, -0.15) is 13.2 Å². The van der Waals surface area contributed by atoms with Gasteiger partial charge in [-0.15, -0.1) is 0 Å². The molecule has 0 bridgehead atoms. The number of alkyl halides is 3. The van der Waals surface area contributed by atoms with Crippen molar-refractivity contribution in [3.8, 4) is 5.75 Å². The number of aromatic amines is 1. The number of hydrogen-bond acceptors (Lipinski definition) is 3. The fourth-order valence-corrected chi connectivity index (χ4v) is 2.93. The van der Waals surface area contributed by atoms with Gasteiger partial charge in [0.1, 0.15) is 5.75 Å². The molecule has 0 spiro atoms. The van der Waals surface area contributed by atoms with Crippen LogP contribution in [0.15, 0.2) is 54.7 Å². The van der Waals surface area contributed by atoms with Crippen LogP contribution in [0.4, 0.5) is 13.2 Å². The third-order valence-corrected chi connectivity index (χ3v) is 4.35. The van der Waals surface area contributed by atoms with E-state index < -0.39 is 17.7 Å². The summed E-state index contributed by atoms with van der Waals surface area (Å²) < 4.78 is 43.6. The zero-order chi connectivity index (χ0) is 21.7. The highest BCUT2D eigenvalue weighted by molar-refractivity contribution is 5.90. The van der Waals surface area contributed by atoms with E-state index in [9.17, 15) is 22.8 Å². The Labute approximate surface area is 170 Å². The monoisotopic (exact) mass is 416 g/mol. The second-order valence-corrected chi connectivity index (χ2v) is 6.63. The summed E-state index contributed by atoms with van der Waals surface area (Å²) in [5.74, 6) is -0.513. The Kier molecular flexibility index (Phi) is 6.25. The standard InChI is InChI=1S/C22H19F3N2O3/c1-14(28)26-10-9-16-13-27-20-7-6-18(12-19(16)20)30-21(29)8-5-15-3-2-4-17(11-15)22(23,24)25/h2-8,11-13,27H,9-10H2,1H3,(H,26,28)/b8-5+. The predicted molar refractivity (Wildman–Crippen MR) is 107 cm³/mol. The van der Waals surface area contributed by atoms with Gasteiger partial charge in [0.05, 0.1) is 5.56 Å². The van der Waals surface area contributed by atoms with Crippen molar-refractivity contribution in [3.05, 3.63) is 71.4 Å². The molecule has 1 aromatic heterocycles. The van der Waals surface area contributed by atoms with Crippen molar-refractivity contribution in [3.63, 3.8) is 0 Å². The smallest absolute Gasteiger partial charge is 0.416 e. The molecule has 0 aliphatic carbocycles. The summed E-state index contributed by atoms with van der Waals surface area (Å²) in [6, 6.07) is 9.73. The number of esters is 1. The van der Waals surface area contributed by atoms with Crippen LogP contribution in [0, 0.1) is 0 Å². The fraction of sp³-hybridized carbons (Fsp3) is 0.182. The lowest BCUT2D eigenvalue weighted by atomic mass is 10.1. The lowest BCUT2D eigenvalue weighted by Crippen LogP contribution is -2.22. The predicted octanol–water partition coefficient (Wildman–Crippen LogP) is 4.48. The van der Waals surface area contributed by atoms with Crippen molar-refractivity contribution in [1.29, 1.82) is 0 Å². The number of halogens is 3. The van der Waals surface area contributed by atoms with E-state index in [-0.39, 0.29) is 11.5 Å². The molecule has 8 heteroatoms. The number of carbonyl (C=O) groups is 2. The summed E-state index contributed by atoms with van der Waals surface area (Å²) in [6.45, 7) is 1.92. The minimum atomic E-state index is -4.45. The molecule has 0 fully saturated rings. The van der Waals surface area contributed by atoms with E-state index in [1.807, 2.05) is 6.20 Å². The maximum absolute atomic E-state index is 12.8. The molecule has 0 aliphatic heterocycles. The first-order valence-corrected chi connectivity index (χ1v) is 9.14. The maximum atomic E-state index is 12.8. The molecule has 1 amide bonds. The van der Waals surface area contributed by atoms with Crippen molar-refractivity contribution < 1.29 is 27.5 Å². The molecule has 5 nitrogen and oxygen atoms in total. The van der Waals surface area contributed by atoms with Gasteiger partial charge in [-0.3, -0.25) is 4.79 Å². The average molecular weight is 416 g/mol. The Morgan fingerprint density at radius 1 is 1.17 bits per heavy atom. The average Bonchev–Trinajstić information content (AvgIpc) is 3.08. The number of aromatic nitrogens is 1. The van der Waals surface area contributed by atoms with Crippen molar-refractivity contribution in [1.82, 2.24) is 10.3 Å². The highest BCUT2D eigenvalue weighted by Gasteiger charge is 2.30. The number of fused-ring (bicyclic) bond motifs is 1. The van der Waals surface area contributed by atoms with E-state index in [1.54, 1.807) is 18.2 Å². The van der Waals surface area contributed by atoms with Crippen LogP contribution >= 0.6 is 0 Å². The number of carbonyl (C=O) groups excluding carboxylic acids is 2. The van der Waals surface area contributed by atoms with E-state index in [4.69, 9.17) is 4.74 Å². The Morgan fingerprint density at radius 3 is 2.70 bits per heavy atom. The summed E-state index contributed by atoms with van der Waals surface area (Å²) in [4.78, 5) is 26.2. The van der Waals surface area contributed by atoms with Gasteiger partial charge in [-0.25, -0.2) is 4.79 Å². The summed E-state index contributed by atoms with van der Waals surface area (Å²) in [5.41, 5.74) is 1.26. The van der Waals surface area contributed by atoms with Crippen molar-refractivity contribution in [2.24, 2.45) is 0 Å². The molecule has 0 atom stereocenters. The molecular weight excluding hydrogens is 397 g/mol. The quantitative estimate of drug-likeness (QED) is 0.354. The van der Waals surface area contributed by atoms with Crippen molar-refractivity contribution >= 4 is 28.9 Å². The van der Waals surface area contributed by atoms with Gasteiger partial charge in [0.15, 0.2) is 0 Å². The highest BCUT2D eigenvalue weighted by Crippen LogP contribution is 2.30. The Balaban J connectivity index is 1.69. The summed E-state index contributed by atoms with van der Waals surface area (Å²) in [6.07, 6.45) is 0.325. The third-order valence-electron chi connectivity index (χ3n) is 4.35. The normalized spacial score (nSPS) is 11.7. The van der Waals surface area contributed by atoms with Gasteiger partial charge in [-0.1, -0.05) is 12.1 Å². The van der Waals surface area contributed by atoms with E-state index in [2.05, 4.69) is 10.3 Å². The van der Waals surface area contributed by atoms with Crippen molar-refractivity contribution in [2.75, 3.05) is 6.54 Å². The number of H-pyrrole nitrogens is 1. The summed E-state index contributed by atoms with van der Waals surface area (Å²) in [5, 5.41) is 3.58. The Bertz CT molecular complexity index is 1100. The zero-order valence-electron chi connectivity index (χ0n) is 16.0. The van der Waals surface area contributed by atoms with Gasteiger partial charge in [0.2, 0.25) is 5.91 Å². The van der Waals surface area contributed by atoms with Gasteiger partial charge in [0, 0.05) is 36.6 Å². The first-order chi connectivity index (χ1) is 14.2. The summed E-state index contributed by atoms with van der Waals surface area (Å²) >= 11 is 0. The first kappa shape index (κ1) is 21.2. The number of rotatable bonds is 6. The minimum Gasteiger partial charge on any atom is -0.423 e. The second-order valence-electron chi connectivity index (χ2n) is 6.63.